The van der Waals surface area contributed by atoms with E-state index in [4.69, 9.17) is 18.6 Å². The number of hydrogen-bond acceptors (Lipinski definition) is 9. The van der Waals surface area contributed by atoms with Gasteiger partial charge < -0.3 is 23.9 Å². The molecule has 3 aliphatic rings. The summed E-state index contributed by atoms with van der Waals surface area (Å²) in [5.74, 6) is 0.0407. The van der Waals surface area contributed by atoms with Crippen LogP contribution in [0.15, 0.2) is 41.1 Å². The molecule has 1 aliphatic carbocycles. The monoisotopic (exact) mass is 607 g/mol. The average molecular weight is 608 g/mol. The maximum absolute atomic E-state index is 14.5. The Morgan fingerprint density at radius 3 is 2.70 bits per heavy atom. The molecule has 228 valence electrons. The number of thiophene rings is 1. The molecule has 10 nitrogen and oxygen atoms in total. The number of para-hydroxylation sites is 1. The number of nitrogens with one attached hydrogen (secondary N) is 1. The van der Waals surface area contributed by atoms with E-state index in [1.807, 2.05) is 38.1 Å². The third-order valence-corrected chi connectivity index (χ3v) is 10.1. The number of fused-ring (bicyclic) bond motifs is 1. The van der Waals surface area contributed by atoms with Crippen molar-refractivity contribution in [1.29, 1.82) is 0 Å². The van der Waals surface area contributed by atoms with E-state index in [2.05, 4.69) is 10.3 Å². The lowest BCUT2D eigenvalue weighted by Crippen LogP contribution is -2.61. The van der Waals surface area contributed by atoms with Gasteiger partial charge in [-0.3, -0.25) is 19.3 Å². The molecule has 1 aromatic carbocycles. The van der Waals surface area contributed by atoms with Crippen LogP contribution in [0.4, 0.5) is 5.00 Å². The molecule has 1 N–H and O–H groups in total. The van der Waals surface area contributed by atoms with E-state index >= 15 is 0 Å². The number of hydrogen-bond donors (Lipinski definition) is 1. The molecule has 3 aromatic rings. The molecule has 4 heterocycles. The van der Waals surface area contributed by atoms with Crippen LogP contribution in [0.1, 0.15) is 66.6 Å². The van der Waals surface area contributed by atoms with Crippen molar-refractivity contribution in [2.24, 2.45) is 11.3 Å². The number of aromatic nitrogens is 1. The van der Waals surface area contributed by atoms with Gasteiger partial charge in [-0.2, -0.15) is 0 Å². The van der Waals surface area contributed by atoms with Gasteiger partial charge in [-0.15, -0.1) is 11.3 Å². The van der Waals surface area contributed by atoms with Gasteiger partial charge in [0.1, 0.15) is 28.5 Å². The van der Waals surface area contributed by atoms with E-state index in [0.29, 0.717) is 46.8 Å². The summed E-state index contributed by atoms with van der Waals surface area (Å²) in [6, 6.07) is 7.66. The van der Waals surface area contributed by atoms with Crippen LogP contribution >= 0.6 is 11.3 Å². The SMILES string of the molecule is CCCNC(=O)C1CC2(C1)C(=O)c1c(sc(-c3ncco3)c1C)N(C[C@H](OC1CCOCC1)c1ccccc1OC)C2=O. The van der Waals surface area contributed by atoms with Crippen molar-refractivity contribution in [3.8, 4) is 16.5 Å². The first-order valence-electron chi connectivity index (χ1n) is 14.9. The van der Waals surface area contributed by atoms with E-state index in [-0.39, 0.29) is 43.1 Å². The summed E-state index contributed by atoms with van der Waals surface area (Å²) in [6.07, 6.45) is 5.13. The van der Waals surface area contributed by atoms with Gasteiger partial charge >= 0.3 is 0 Å². The first-order chi connectivity index (χ1) is 20.9. The third kappa shape index (κ3) is 5.27. The van der Waals surface area contributed by atoms with Crippen molar-refractivity contribution in [3.05, 3.63) is 53.4 Å². The number of carbonyl (C=O) groups excluding carboxylic acids is 3. The Labute approximate surface area is 254 Å². The van der Waals surface area contributed by atoms with Crippen molar-refractivity contribution >= 4 is 33.9 Å². The normalized spacial score (nSPS) is 22.8. The van der Waals surface area contributed by atoms with Crippen LogP contribution in [-0.2, 0) is 19.1 Å². The van der Waals surface area contributed by atoms with E-state index in [1.165, 1.54) is 17.6 Å². The molecule has 1 spiro atoms. The highest BCUT2D eigenvalue weighted by molar-refractivity contribution is 7.20. The van der Waals surface area contributed by atoms with Crippen molar-refractivity contribution in [1.82, 2.24) is 10.3 Å². The number of carbonyl (C=O) groups is 3. The van der Waals surface area contributed by atoms with Gasteiger partial charge in [0.05, 0.1) is 36.4 Å². The Bertz CT molecular complexity index is 1490. The average Bonchev–Trinajstić information content (AvgIpc) is 3.65. The highest BCUT2D eigenvalue weighted by Gasteiger charge is 2.62. The topological polar surface area (TPSA) is 120 Å². The fourth-order valence-corrected chi connectivity index (χ4v) is 7.68. The Balaban J connectivity index is 1.41. The van der Waals surface area contributed by atoms with Crippen molar-refractivity contribution in [2.45, 2.75) is 58.2 Å². The van der Waals surface area contributed by atoms with Crippen LogP contribution in [0.5, 0.6) is 5.75 Å². The summed E-state index contributed by atoms with van der Waals surface area (Å²) in [5.41, 5.74) is 0.742. The minimum absolute atomic E-state index is 0.0538. The van der Waals surface area contributed by atoms with E-state index < -0.39 is 17.4 Å². The third-order valence-electron chi connectivity index (χ3n) is 8.79. The van der Waals surface area contributed by atoms with Crippen molar-refractivity contribution in [3.63, 3.8) is 0 Å². The summed E-state index contributed by atoms with van der Waals surface area (Å²) in [6.45, 7) is 5.82. The number of methoxy groups -OCH3 is 1. The van der Waals surface area contributed by atoms with Crippen LogP contribution in [0.25, 0.3) is 10.8 Å². The molecule has 2 aliphatic heterocycles. The molecule has 0 radical (unpaired) electrons. The summed E-state index contributed by atoms with van der Waals surface area (Å²) >= 11 is 1.32. The minimum Gasteiger partial charge on any atom is -0.496 e. The van der Waals surface area contributed by atoms with Crippen LogP contribution < -0.4 is 15.0 Å². The number of nitrogens with zero attached hydrogens (tertiary/aromatic N) is 2. The zero-order chi connectivity index (χ0) is 30.1. The lowest BCUT2D eigenvalue weighted by Gasteiger charge is -2.49. The number of ether oxygens (including phenoxy) is 3. The second-order valence-electron chi connectivity index (χ2n) is 11.5. The van der Waals surface area contributed by atoms with E-state index in [9.17, 15) is 14.4 Å². The van der Waals surface area contributed by atoms with Crippen LogP contribution in [0.3, 0.4) is 0 Å². The molecular formula is C32H37N3O7S. The van der Waals surface area contributed by atoms with Gasteiger partial charge in [0.15, 0.2) is 5.78 Å². The smallest absolute Gasteiger partial charge is 0.241 e. The molecule has 0 bridgehead atoms. The summed E-state index contributed by atoms with van der Waals surface area (Å²) in [5, 5.41) is 3.48. The molecular weight excluding hydrogens is 570 g/mol. The number of anilines is 1. The summed E-state index contributed by atoms with van der Waals surface area (Å²) < 4.78 is 23.6. The lowest BCUT2D eigenvalue weighted by atomic mass is 9.56. The molecule has 1 atom stereocenters. The van der Waals surface area contributed by atoms with E-state index in [1.54, 1.807) is 18.2 Å². The van der Waals surface area contributed by atoms with Crippen LogP contribution in [0, 0.1) is 18.3 Å². The van der Waals surface area contributed by atoms with Gasteiger partial charge in [0.2, 0.25) is 17.7 Å². The molecule has 1 saturated heterocycles. The van der Waals surface area contributed by atoms with Gasteiger partial charge in [-0.25, -0.2) is 4.98 Å². The van der Waals surface area contributed by atoms with Gasteiger partial charge in [0.25, 0.3) is 0 Å². The molecule has 6 rings (SSSR count). The number of ketones is 1. The van der Waals surface area contributed by atoms with Crippen LogP contribution in [0.2, 0.25) is 0 Å². The quantitative estimate of drug-likeness (QED) is 0.316. The van der Waals surface area contributed by atoms with E-state index in [0.717, 1.165) is 30.4 Å². The van der Waals surface area contributed by atoms with Crippen LogP contribution in [-0.4, -0.2) is 62.1 Å². The number of oxazole rings is 1. The molecule has 2 aromatic heterocycles. The predicted octanol–water partition coefficient (Wildman–Crippen LogP) is 5.11. The largest absolute Gasteiger partial charge is 0.496 e. The Kier molecular flexibility index (Phi) is 8.39. The molecule has 11 heteroatoms. The Morgan fingerprint density at radius 2 is 2.00 bits per heavy atom. The highest BCUT2D eigenvalue weighted by Crippen LogP contribution is 2.57. The molecule has 0 unspecified atom stereocenters. The second kappa shape index (κ2) is 12.2. The first-order valence-corrected chi connectivity index (χ1v) is 15.7. The molecule has 1 saturated carbocycles. The Hall–Kier alpha value is -3.54. The fourth-order valence-electron chi connectivity index (χ4n) is 6.42. The lowest BCUT2D eigenvalue weighted by molar-refractivity contribution is -0.140. The minimum atomic E-state index is -1.30. The highest BCUT2D eigenvalue weighted by atomic mass is 32.1. The van der Waals surface area contributed by atoms with Gasteiger partial charge in [0, 0.05) is 31.2 Å². The number of amides is 2. The predicted molar refractivity (Wildman–Crippen MR) is 160 cm³/mol. The first kappa shape index (κ1) is 29.5. The number of Topliss-reactive ketones (excluding diaryl/α,β-unsaturated/α-hetero) is 1. The summed E-state index contributed by atoms with van der Waals surface area (Å²) in [4.78, 5) is 48.3. The Morgan fingerprint density at radius 1 is 1.23 bits per heavy atom. The maximum atomic E-state index is 14.5. The molecule has 2 amide bonds. The van der Waals surface area contributed by atoms with Crippen molar-refractivity contribution in [2.75, 3.05) is 38.3 Å². The standard InChI is InChI=1S/C32H37N3O7S/c1-4-11-33-28(37)20-16-32(17-20)27(36)25-19(2)26(29-34-12-15-41-29)43-30(25)35(31(32)38)18-24(42-21-9-13-40-14-10-21)22-7-5-6-8-23(22)39-3/h5-8,12,15,20-21,24H,4,9-11,13-14,16-18H2,1-3H3,(H,33,37)/t20?,24-,32?/m0/s1. The number of benzene rings is 1. The van der Waals surface area contributed by atoms with Gasteiger partial charge in [-0.05, 0) is 50.7 Å². The summed E-state index contributed by atoms with van der Waals surface area (Å²) in [7, 11) is 1.62. The fraction of sp³-hybridized carbons (Fsp3) is 0.500. The van der Waals surface area contributed by atoms with Gasteiger partial charge in [-0.1, -0.05) is 25.1 Å². The molecule has 43 heavy (non-hydrogen) atoms. The molecule has 2 fully saturated rings. The zero-order valence-corrected chi connectivity index (χ0v) is 25.5. The number of rotatable bonds is 10. The second-order valence-corrected chi connectivity index (χ2v) is 12.5. The zero-order valence-electron chi connectivity index (χ0n) is 24.7. The van der Waals surface area contributed by atoms with Crippen molar-refractivity contribution < 1.29 is 33.0 Å². The maximum Gasteiger partial charge on any atom is 0.241 e.